The van der Waals surface area contributed by atoms with Crippen LogP contribution in [0.2, 0.25) is 0 Å². The molecule has 0 radical (unpaired) electrons. The number of hydrogen-bond acceptors (Lipinski definition) is 5. The molecule has 1 aliphatic rings. The molecule has 3 rings (SSSR count). The average molecular weight is 369 g/mol. The molecular formula is C19H19N3O5. The van der Waals surface area contributed by atoms with Crippen LogP contribution in [0.3, 0.4) is 0 Å². The minimum Gasteiger partial charge on any atom is -0.454 e. The number of carbonyl (C=O) groups excluding carboxylic acids is 3. The number of hydrogen-bond donors (Lipinski definition) is 3. The Morgan fingerprint density at radius 1 is 0.815 bits per heavy atom. The lowest BCUT2D eigenvalue weighted by Crippen LogP contribution is -2.41. The van der Waals surface area contributed by atoms with Crippen LogP contribution in [-0.2, 0) is 16.1 Å². The largest absolute Gasteiger partial charge is 0.454 e. The van der Waals surface area contributed by atoms with Crippen molar-refractivity contribution in [3.63, 3.8) is 0 Å². The predicted molar refractivity (Wildman–Crippen MR) is 96.2 cm³/mol. The number of carbonyl (C=O) groups is 3. The highest BCUT2D eigenvalue weighted by Crippen LogP contribution is 2.32. The second-order valence-corrected chi connectivity index (χ2v) is 5.79. The Balaban J connectivity index is 1.36. The molecule has 2 aromatic carbocycles. The van der Waals surface area contributed by atoms with Crippen LogP contribution >= 0.6 is 0 Å². The predicted octanol–water partition coefficient (Wildman–Crippen LogP) is 0.578. The summed E-state index contributed by atoms with van der Waals surface area (Å²) in [6, 6.07) is 14.2. The zero-order valence-corrected chi connectivity index (χ0v) is 14.5. The first kappa shape index (κ1) is 18.2. The summed E-state index contributed by atoms with van der Waals surface area (Å²) in [4.78, 5) is 35.6. The van der Waals surface area contributed by atoms with Crippen molar-refractivity contribution in [2.75, 3.05) is 19.9 Å². The van der Waals surface area contributed by atoms with Crippen molar-refractivity contribution in [1.29, 1.82) is 0 Å². The van der Waals surface area contributed by atoms with Gasteiger partial charge in [-0.05, 0) is 23.8 Å². The Labute approximate surface area is 155 Å². The van der Waals surface area contributed by atoms with E-state index in [2.05, 4.69) is 16.0 Å². The Kier molecular flexibility index (Phi) is 5.88. The van der Waals surface area contributed by atoms with Crippen LogP contribution in [-0.4, -0.2) is 37.6 Å². The molecule has 0 aromatic heterocycles. The number of nitrogens with one attached hydrogen (secondary N) is 3. The summed E-state index contributed by atoms with van der Waals surface area (Å²) in [6.45, 7) is 0.107. The van der Waals surface area contributed by atoms with Gasteiger partial charge in [-0.1, -0.05) is 30.3 Å². The minimum atomic E-state index is -0.459. The number of amides is 3. The van der Waals surface area contributed by atoms with Crippen molar-refractivity contribution in [3.8, 4) is 11.5 Å². The Morgan fingerprint density at radius 2 is 1.52 bits per heavy atom. The number of fused-ring (bicyclic) bond motifs is 1. The van der Waals surface area contributed by atoms with Gasteiger partial charge in [0.1, 0.15) is 0 Å². The van der Waals surface area contributed by atoms with Gasteiger partial charge < -0.3 is 25.4 Å². The Hall–Kier alpha value is -3.55. The van der Waals surface area contributed by atoms with E-state index in [1.54, 1.807) is 18.2 Å². The molecule has 140 valence electrons. The van der Waals surface area contributed by atoms with E-state index in [1.807, 2.05) is 30.3 Å². The smallest absolute Gasteiger partial charge is 0.251 e. The number of rotatable bonds is 7. The van der Waals surface area contributed by atoms with Gasteiger partial charge in [-0.25, -0.2) is 0 Å². The topological polar surface area (TPSA) is 106 Å². The first-order chi connectivity index (χ1) is 13.1. The maximum absolute atomic E-state index is 12.1. The van der Waals surface area contributed by atoms with Gasteiger partial charge in [0.15, 0.2) is 11.5 Å². The second-order valence-electron chi connectivity index (χ2n) is 5.79. The van der Waals surface area contributed by atoms with Crippen LogP contribution in [0.1, 0.15) is 15.9 Å². The fourth-order valence-corrected chi connectivity index (χ4v) is 2.40. The van der Waals surface area contributed by atoms with Crippen molar-refractivity contribution in [2.45, 2.75) is 6.54 Å². The summed E-state index contributed by atoms with van der Waals surface area (Å²) >= 11 is 0. The van der Waals surface area contributed by atoms with Gasteiger partial charge in [0.2, 0.25) is 18.6 Å². The lowest BCUT2D eigenvalue weighted by Gasteiger charge is -2.08. The zero-order chi connectivity index (χ0) is 19.1. The Bertz CT molecular complexity index is 838. The van der Waals surface area contributed by atoms with Gasteiger partial charge in [-0.15, -0.1) is 0 Å². The third-order valence-electron chi connectivity index (χ3n) is 3.82. The van der Waals surface area contributed by atoms with Crippen LogP contribution in [0, 0.1) is 0 Å². The molecule has 0 saturated heterocycles. The van der Waals surface area contributed by atoms with Gasteiger partial charge >= 0.3 is 0 Å². The van der Waals surface area contributed by atoms with Gasteiger partial charge in [0.05, 0.1) is 13.1 Å². The fourth-order valence-electron chi connectivity index (χ4n) is 2.40. The van der Waals surface area contributed by atoms with E-state index in [0.29, 0.717) is 23.6 Å². The molecular weight excluding hydrogens is 350 g/mol. The van der Waals surface area contributed by atoms with Crippen LogP contribution < -0.4 is 25.4 Å². The standard InChI is InChI=1S/C19H19N3O5/c23-17(20-9-13-4-2-1-3-5-13)10-21-18(24)11-22-19(25)14-6-7-15-16(8-14)27-12-26-15/h1-8H,9-12H2,(H,20,23)(H,21,24)(H,22,25). The first-order valence-corrected chi connectivity index (χ1v) is 8.37. The molecule has 0 saturated carbocycles. The SMILES string of the molecule is O=C(CNC(=O)CNC(=O)c1ccc2c(c1)OCO2)NCc1ccccc1. The molecule has 1 aliphatic heterocycles. The molecule has 0 atom stereocenters. The van der Waals surface area contributed by atoms with Crippen LogP contribution in [0.25, 0.3) is 0 Å². The monoisotopic (exact) mass is 369 g/mol. The molecule has 3 amide bonds. The van der Waals surface area contributed by atoms with E-state index in [-0.39, 0.29) is 25.8 Å². The molecule has 1 heterocycles. The Morgan fingerprint density at radius 3 is 2.33 bits per heavy atom. The van der Waals surface area contributed by atoms with Gasteiger partial charge in [0.25, 0.3) is 5.91 Å². The van der Waals surface area contributed by atoms with E-state index < -0.39 is 11.8 Å². The summed E-state index contributed by atoms with van der Waals surface area (Å²) in [5.41, 5.74) is 1.32. The molecule has 27 heavy (non-hydrogen) atoms. The summed E-state index contributed by atoms with van der Waals surface area (Å²) in [6.07, 6.45) is 0. The third-order valence-corrected chi connectivity index (χ3v) is 3.82. The summed E-state index contributed by atoms with van der Waals surface area (Å²) in [5, 5.41) is 7.65. The lowest BCUT2D eigenvalue weighted by atomic mass is 10.2. The highest BCUT2D eigenvalue weighted by Gasteiger charge is 2.16. The highest BCUT2D eigenvalue weighted by atomic mass is 16.7. The van der Waals surface area contributed by atoms with Crippen LogP contribution in [0.15, 0.2) is 48.5 Å². The average Bonchev–Trinajstić information content (AvgIpc) is 3.17. The molecule has 8 nitrogen and oxygen atoms in total. The van der Waals surface area contributed by atoms with E-state index in [1.165, 1.54) is 0 Å². The van der Waals surface area contributed by atoms with E-state index in [9.17, 15) is 14.4 Å². The summed E-state index contributed by atoms with van der Waals surface area (Å²) in [5.74, 6) is -0.127. The summed E-state index contributed by atoms with van der Waals surface area (Å²) < 4.78 is 10.4. The van der Waals surface area contributed by atoms with Crippen molar-refractivity contribution in [1.82, 2.24) is 16.0 Å². The van der Waals surface area contributed by atoms with Crippen LogP contribution in [0.4, 0.5) is 0 Å². The summed E-state index contributed by atoms with van der Waals surface area (Å²) in [7, 11) is 0. The first-order valence-electron chi connectivity index (χ1n) is 8.37. The van der Waals surface area contributed by atoms with E-state index in [0.717, 1.165) is 5.56 Å². The van der Waals surface area contributed by atoms with Gasteiger partial charge in [-0.2, -0.15) is 0 Å². The zero-order valence-electron chi connectivity index (χ0n) is 14.5. The maximum atomic E-state index is 12.1. The van der Waals surface area contributed by atoms with Crippen molar-refractivity contribution in [2.24, 2.45) is 0 Å². The van der Waals surface area contributed by atoms with Gasteiger partial charge in [0, 0.05) is 12.1 Å². The molecule has 8 heteroatoms. The van der Waals surface area contributed by atoms with E-state index in [4.69, 9.17) is 9.47 Å². The third kappa shape index (κ3) is 5.21. The van der Waals surface area contributed by atoms with Crippen molar-refractivity contribution < 1.29 is 23.9 Å². The fraction of sp³-hybridized carbons (Fsp3) is 0.211. The highest BCUT2D eigenvalue weighted by molar-refractivity contribution is 5.97. The molecule has 3 N–H and O–H groups in total. The van der Waals surface area contributed by atoms with Crippen molar-refractivity contribution in [3.05, 3.63) is 59.7 Å². The van der Waals surface area contributed by atoms with Crippen LogP contribution in [0.5, 0.6) is 11.5 Å². The molecule has 2 aromatic rings. The van der Waals surface area contributed by atoms with E-state index >= 15 is 0 Å². The molecule has 0 spiro atoms. The quantitative estimate of drug-likeness (QED) is 0.662. The molecule has 0 unspecified atom stereocenters. The number of ether oxygens (including phenoxy) is 2. The molecule has 0 bridgehead atoms. The normalized spacial score (nSPS) is 11.6. The van der Waals surface area contributed by atoms with Crippen molar-refractivity contribution >= 4 is 17.7 Å². The number of benzene rings is 2. The minimum absolute atomic E-state index is 0.120. The molecule has 0 fully saturated rings. The lowest BCUT2D eigenvalue weighted by molar-refractivity contribution is -0.125. The van der Waals surface area contributed by atoms with Gasteiger partial charge in [-0.3, -0.25) is 14.4 Å². The second kappa shape index (κ2) is 8.70. The molecule has 0 aliphatic carbocycles. The maximum Gasteiger partial charge on any atom is 0.251 e.